The molecule has 0 spiro atoms. The number of aliphatic carboxylic acids is 1. The SMILES string of the molecule is O=C(O)C1CC1(CN1CCOC1=O)c1ccccc1. The summed E-state index contributed by atoms with van der Waals surface area (Å²) in [5.41, 5.74) is 0.540. The second-order valence-electron chi connectivity index (χ2n) is 5.15. The summed E-state index contributed by atoms with van der Waals surface area (Å²) in [6.07, 6.45) is 0.238. The van der Waals surface area contributed by atoms with Crippen LogP contribution < -0.4 is 0 Å². The highest BCUT2D eigenvalue weighted by Crippen LogP contribution is 2.55. The van der Waals surface area contributed by atoms with E-state index in [9.17, 15) is 14.7 Å². The van der Waals surface area contributed by atoms with Crippen molar-refractivity contribution in [3.05, 3.63) is 35.9 Å². The third-order valence-corrected chi connectivity index (χ3v) is 4.04. The molecule has 0 radical (unpaired) electrons. The molecule has 2 atom stereocenters. The molecule has 1 aliphatic heterocycles. The zero-order valence-electron chi connectivity index (χ0n) is 10.4. The summed E-state index contributed by atoms with van der Waals surface area (Å²) in [6.45, 7) is 1.36. The van der Waals surface area contributed by atoms with Gasteiger partial charge in [0.25, 0.3) is 0 Å². The van der Waals surface area contributed by atoms with Gasteiger partial charge in [-0.2, -0.15) is 0 Å². The first-order valence-corrected chi connectivity index (χ1v) is 6.33. The highest BCUT2D eigenvalue weighted by Gasteiger charge is 2.60. The largest absolute Gasteiger partial charge is 0.481 e. The highest BCUT2D eigenvalue weighted by molar-refractivity contribution is 5.78. The lowest BCUT2D eigenvalue weighted by molar-refractivity contribution is -0.139. The number of carboxylic acid groups (broad SMARTS) is 1. The van der Waals surface area contributed by atoms with Crippen LogP contribution in [0.1, 0.15) is 12.0 Å². The second-order valence-corrected chi connectivity index (χ2v) is 5.15. The summed E-state index contributed by atoms with van der Waals surface area (Å²) in [4.78, 5) is 24.4. The highest BCUT2D eigenvalue weighted by atomic mass is 16.6. The van der Waals surface area contributed by atoms with E-state index in [1.165, 1.54) is 0 Å². The van der Waals surface area contributed by atoms with Crippen LogP contribution in [0.25, 0.3) is 0 Å². The Labute approximate surface area is 110 Å². The van der Waals surface area contributed by atoms with Gasteiger partial charge in [-0.3, -0.25) is 4.79 Å². The van der Waals surface area contributed by atoms with E-state index in [-0.39, 0.29) is 6.09 Å². The zero-order chi connectivity index (χ0) is 13.5. The van der Waals surface area contributed by atoms with Crippen molar-refractivity contribution in [1.82, 2.24) is 4.90 Å². The van der Waals surface area contributed by atoms with Crippen LogP contribution in [0.3, 0.4) is 0 Å². The molecule has 2 unspecified atom stereocenters. The molecular formula is C14H15NO4. The van der Waals surface area contributed by atoms with E-state index in [4.69, 9.17) is 4.74 Å². The van der Waals surface area contributed by atoms with Crippen LogP contribution in [0.5, 0.6) is 0 Å². The molecule has 1 saturated heterocycles. The average molecular weight is 261 g/mol. The van der Waals surface area contributed by atoms with Crippen molar-refractivity contribution in [3.63, 3.8) is 0 Å². The molecule has 1 heterocycles. The van der Waals surface area contributed by atoms with Crippen molar-refractivity contribution in [2.75, 3.05) is 19.7 Å². The number of rotatable bonds is 4. The first kappa shape index (κ1) is 12.0. The number of carboxylic acids is 1. The third-order valence-electron chi connectivity index (χ3n) is 4.04. The molecule has 1 saturated carbocycles. The van der Waals surface area contributed by atoms with Gasteiger partial charge in [-0.1, -0.05) is 30.3 Å². The van der Waals surface area contributed by atoms with Crippen molar-refractivity contribution < 1.29 is 19.4 Å². The lowest BCUT2D eigenvalue weighted by atomic mass is 9.92. The molecule has 0 bridgehead atoms. The van der Waals surface area contributed by atoms with Gasteiger partial charge in [-0.15, -0.1) is 0 Å². The normalized spacial score (nSPS) is 29.2. The molecule has 3 rings (SSSR count). The third kappa shape index (κ3) is 1.95. The van der Waals surface area contributed by atoms with E-state index in [0.29, 0.717) is 26.1 Å². The minimum Gasteiger partial charge on any atom is -0.481 e. The molecule has 1 N–H and O–H groups in total. The lowest BCUT2D eigenvalue weighted by Gasteiger charge is -2.22. The quantitative estimate of drug-likeness (QED) is 0.891. The molecule has 5 nitrogen and oxygen atoms in total. The van der Waals surface area contributed by atoms with Crippen molar-refractivity contribution in [1.29, 1.82) is 0 Å². The van der Waals surface area contributed by atoms with E-state index < -0.39 is 17.3 Å². The van der Waals surface area contributed by atoms with E-state index in [0.717, 1.165) is 5.56 Å². The van der Waals surface area contributed by atoms with Crippen LogP contribution in [-0.4, -0.2) is 41.8 Å². The first-order chi connectivity index (χ1) is 9.13. The zero-order valence-corrected chi connectivity index (χ0v) is 10.4. The Morgan fingerprint density at radius 2 is 2.16 bits per heavy atom. The summed E-state index contributed by atoms with van der Waals surface area (Å²) < 4.78 is 4.91. The topological polar surface area (TPSA) is 66.8 Å². The summed E-state index contributed by atoms with van der Waals surface area (Å²) in [5, 5.41) is 9.26. The van der Waals surface area contributed by atoms with Gasteiger partial charge in [0, 0.05) is 12.0 Å². The molecular weight excluding hydrogens is 246 g/mol. The number of ether oxygens (including phenoxy) is 1. The van der Waals surface area contributed by atoms with Crippen LogP contribution >= 0.6 is 0 Å². The predicted octanol–water partition coefficient (Wildman–Crippen LogP) is 1.48. The molecule has 19 heavy (non-hydrogen) atoms. The van der Waals surface area contributed by atoms with E-state index in [2.05, 4.69) is 0 Å². The molecule has 1 amide bonds. The molecule has 1 aromatic carbocycles. The Balaban J connectivity index is 1.87. The summed E-state index contributed by atoms with van der Waals surface area (Å²) in [7, 11) is 0. The predicted molar refractivity (Wildman–Crippen MR) is 66.8 cm³/mol. The smallest absolute Gasteiger partial charge is 0.409 e. The maximum absolute atomic E-state index is 11.5. The average Bonchev–Trinajstić information content (AvgIpc) is 3.02. The summed E-state index contributed by atoms with van der Waals surface area (Å²) in [5.74, 6) is -1.21. The molecule has 0 aromatic heterocycles. The van der Waals surface area contributed by atoms with E-state index >= 15 is 0 Å². The van der Waals surface area contributed by atoms with Crippen LogP contribution in [0.4, 0.5) is 4.79 Å². The maximum atomic E-state index is 11.5. The fraction of sp³-hybridized carbons (Fsp3) is 0.429. The Morgan fingerprint density at radius 3 is 2.68 bits per heavy atom. The van der Waals surface area contributed by atoms with Gasteiger partial charge < -0.3 is 14.7 Å². The monoisotopic (exact) mass is 261 g/mol. The first-order valence-electron chi connectivity index (χ1n) is 6.33. The standard InChI is InChI=1S/C14H15NO4/c16-12(17)11-8-14(11,10-4-2-1-3-5-10)9-15-6-7-19-13(15)18/h1-5,11H,6-9H2,(H,16,17). The number of cyclic esters (lactones) is 1. The Hall–Kier alpha value is -2.04. The number of benzene rings is 1. The van der Waals surface area contributed by atoms with Gasteiger partial charge in [-0.05, 0) is 12.0 Å². The summed E-state index contributed by atoms with van der Waals surface area (Å²) in [6, 6.07) is 9.57. The molecule has 100 valence electrons. The number of amides is 1. The van der Waals surface area contributed by atoms with Gasteiger partial charge in [0.2, 0.25) is 0 Å². The van der Waals surface area contributed by atoms with Crippen molar-refractivity contribution in [2.45, 2.75) is 11.8 Å². The number of carbonyl (C=O) groups is 2. The molecule has 2 fully saturated rings. The van der Waals surface area contributed by atoms with Crippen LogP contribution in [0.15, 0.2) is 30.3 Å². The van der Waals surface area contributed by atoms with Crippen LogP contribution in [-0.2, 0) is 14.9 Å². The molecule has 1 aliphatic carbocycles. The Bertz CT molecular complexity index is 515. The van der Waals surface area contributed by atoms with Gasteiger partial charge in [0.15, 0.2) is 0 Å². The fourth-order valence-corrected chi connectivity index (χ4v) is 2.89. The number of nitrogens with zero attached hydrogens (tertiary/aromatic N) is 1. The van der Waals surface area contributed by atoms with Crippen LogP contribution in [0, 0.1) is 5.92 Å². The molecule has 5 heteroatoms. The lowest BCUT2D eigenvalue weighted by Crippen LogP contribution is -2.35. The number of carbonyl (C=O) groups excluding carboxylic acids is 1. The van der Waals surface area contributed by atoms with Gasteiger partial charge in [-0.25, -0.2) is 4.79 Å². The van der Waals surface area contributed by atoms with Crippen molar-refractivity contribution in [3.8, 4) is 0 Å². The Morgan fingerprint density at radius 1 is 1.42 bits per heavy atom. The van der Waals surface area contributed by atoms with E-state index in [1.807, 2.05) is 30.3 Å². The number of hydrogen-bond donors (Lipinski definition) is 1. The van der Waals surface area contributed by atoms with Crippen molar-refractivity contribution >= 4 is 12.1 Å². The number of hydrogen-bond acceptors (Lipinski definition) is 3. The summed E-state index contributed by atoms with van der Waals surface area (Å²) >= 11 is 0. The van der Waals surface area contributed by atoms with Crippen LogP contribution in [0.2, 0.25) is 0 Å². The minimum atomic E-state index is -0.795. The van der Waals surface area contributed by atoms with Crippen molar-refractivity contribution in [2.24, 2.45) is 5.92 Å². The molecule has 2 aliphatic rings. The molecule has 1 aromatic rings. The van der Waals surface area contributed by atoms with Gasteiger partial charge in [0.1, 0.15) is 6.61 Å². The van der Waals surface area contributed by atoms with Gasteiger partial charge in [0.05, 0.1) is 12.5 Å². The maximum Gasteiger partial charge on any atom is 0.409 e. The second kappa shape index (κ2) is 4.26. The van der Waals surface area contributed by atoms with E-state index in [1.54, 1.807) is 4.90 Å². The minimum absolute atomic E-state index is 0.341. The Kier molecular flexibility index (Phi) is 2.69. The fourth-order valence-electron chi connectivity index (χ4n) is 2.89. The van der Waals surface area contributed by atoms with Gasteiger partial charge >= 0.3 is 12.1 Å².